The Labute approximate surface area is 171 Å². The molecule has 29 heavy (non-hydrogen) atoms. The zero-order chi connectivity index (χ0) is 20.2. The van der Waals surface area contributed by atoms with E-state index in [1.165, 1.54) is 0 Å². The first-order valence-electron chi connectivity index (χ1n) is 10.2. The average Bonchev–Trinajstić information content (AvgIpc) is 2.79. The highest BCUT2D eigenvalue weighted by Gasteiger charge is 2.26. The van der Waals surface area contributed by atoms with E-state index >= 15 is 0 Å². The monoisotopic (exact) mass is 393 g/mol. The lowest BCUT2D eigenvalue weighted by Gasteiger charge is -2.38. The highest BCUT2D eigenvalue weighted by molar-refractivity contribution is 5.55. The summed E-state index contributed by atoms with van der Waals surface area (Å²) in [5.41, 5.74) is 1.59. The summed E-state index contributed by atoms with van der Waals surface area (Å²) in [5, 5.41) is 9.41. The lowest BCUT2D eigenvalue weighted by Crippen LogP contribution is -2.44. The molecule has 2 aliphatic heterocycles. The number of aromatic nitrogens is 3. The fourth-order valence-electron chi connectivity index (χ4n) is 3.97. The molecule has 0 amide bonds. The second-order valence-electron chi connectivity index (χ2n) is 7.58. The number of nitrogens with zero attached hydrogens (tertiary/aromatic N) is 7. The van der Waals surface area contributed by atoms with Gasteiger partial charge in [0.2, 0.25) is 5.95 Å². The number of hydrogen-bond acceptors (Lipinski definition) is 8. The van der Waals surface area contributed by atoms with Crippen molar-refractivity contribution >= 4 is 17.6 Å². The van der Waals surface area contributed by atoms with Gasteiger partial charge in [0.1, 0.15) is 17.7 Å². The van der Waals surface area contributed by atoms with E-state index < -0.39 is 0 Å². The first kappa shape index (κ1) is 19.4. The van der Waals surface area contributed by atoms with Gasteiger partial charge >= 0.3 is 0 Å². The number of rotatable bonds is 4. The van der Waals surface area contributed by atoms with Gasteiger partial charge in [-0.05, 0) is 38.0 Å². The van der Waals surface area contributed by atoms with Crippen LogP contribution in [-0.2, 0) is 4.74 Å². The Kier molecular flexibility index (Phi) is 5.76. The van der Waals surface area contributed by atoms with Crippen LogP contribution in [0.5, 0.6) is 0 Å². The first-order valence-corrected chi connectivity index (χ1v) is 10.2. The predicted molar refractivity (Wildman–Crippen MR) is 112 cm³/mol. The van der Waals surface area contributed by atoms with E-state index in [0.717, 1.165) is 75.5 Å². The Morgan fingerprint density at radius 2 is 1.83 bits per heavy atom. The lowest BCUT2D eigenvalue weighted by atomic mass is 10.0. The molecule has 2 aromatic rings. The minimum atomic E-state index is 0.397. The van der Waals surface area contributed by atoms with Crippen molar-refractivity contribution in [1.29, 1.82) is 5.26 Å². The van der Waals surface area contributed by atoms with Gasteiger partial charge in [0.15, 0.2) is 0 Å². The third kappa shape index (κ3) is 4.25. The van der Waals surface area contributed by atoms with Crippen LogP contribution in [0.15, 0.2) is 24.4 Å². The van der Waals surface area contributed by atoms with Crippen LogP contribution >= 0.6 is 0 Å². The van der Waals surface area contributed by atoms with Crippen molar-refractivity contribution < 1.29 is 4.74 Å². The summed E-state index contributed by atoms with van der Waals surface area (Å²) in [6.07, 6.45) is 3.83. The standard InChI is InChI=1S/C21H27N7O/c1-16-3-4-17(15-22)20(24-16)27-9-6-18(7-10-27)26(2)19-5-8-23-21(25-19)28-11-13-29-14-12-28/h3-5,8,18H,6-7,9-14H2,1-2H3. The maximum absolute atomic E-state index is 9.41. The maximum atomic E-state index is 9.41. The molecular formula is C21H27N7O. The Hall–Kier alpha value is -2.92. The summed E-state index contributed by atoms with van der Waals surface area (Å²) < 4.78 is 5.43. The fourth-order valence-corrected chi connectivity index (χ4v) is 3.97. The molecule has 2 fully saturated rings. The van der Waals surface area contributed by atoms with Crippen molar-refractivity contribution in [3.05, 3.63) is 35.7 Å². The highest BCUT2D eigenvalue weighted by atomic mass is 16.5. The molecule has 0 N–H and O–H groups in total. The van der Waals surface area contributed by atoms with E-state index in [2.05, 4.69) is 37.8 Å². The molecule has 4 heterocycles. The number of nitriles is 1. The third-order valence-corrected chi connectivity index (χ3v) is 5.73. The zero-order valence-electron chi connectivity index (χ0n) is 17.1. The molecule has 4 rings (SSSR count). The molecule has 0 bridgehead atoms. The van der Waals surface area contributed by atoms with E-state index in [4.69, 9.17) is 9.72 Å². The molecule has 0 aromatic carbocycles. The molecule has 0 spiro atoms. The van der Waals surface area contributed by atoms with Crippen molar-refractivity contribution in [3.63, 3.8) is 0 Å². The highest BCUT2D eigenvalue weighted by Crippen LogP contribution is 2.26. The van der Waals surface area contributed by atoms with Crippen LogP contribution in [0.2, 0.25) is 0 Å². The normalized spacial score (nSPS) is 17.8. The largest absolute Gasteiger partial charge is 0.378 e. The van der Waals surface area contributed by atoms with Crippen LogP contribution in [0.25, 0.3) is 0 Å². The smallest absolute Gasteiger partial charge is 0.227 e. The minimum Gasteiger partial charge on any atom is -0.378 e. The minimum absolute atomic E-state index is 0.397. The number of ether oxygens (including phenoxy) is 1. The van der Waals surface area contributed by atoms with E-state index in [-0.39, 0.29) is 0 Å². The lowest BCUT2D eigenvalue weighted by molar-refractivity contribution is 0.122. The van der Waals surface area contributed by atoms with Crippen molar-refractivity contribution in [2.75, 3.05) is 61.1 Å². The van der Waals surface area contributed by atoms with Gasteiger partial charge in [-0.15, -0.1) is 0 Å². The quantitative estimate of drug-likeness (QED) is 0.780. The Morgan fingerprint density at radius 3 is 2.55 bits per heavy atom. The molecule has 0 unspecified atom stereocenters. The number of aryl methyl sites for hydroxylation is 1. The first-order chi connectivity index (χ1) is 14.2. The van der Waals surface area contributed by atoms with Crippen LogP contribution in [0.3, 0.4) is 0 Å². The van der Waals surface area contributed by atoms with E-state index in [9.17, 15) is 5.26 Å². The second-order valence-corrected chi connectivity index (χ2v) is 7.58. The molecule has 8 nitrogen and oxygen atoms in total. The summed E-state index contributed by atoms with van der Waals surface area (Å²) in [6, 6.07) is 8.41. The summed E-state index contributed by atoms with van der Waals surface area (Å²) in [6.45, 7) is 6.82. The van der Waals surface area contributed by atoms with Crippen LogP contribution in [0.4, 0.5) is 17.6 Å². The van der Waals surface area contributed by atoms with Crippen LogP contribution < -0.4 is 14.7 Å². The molecule has 2 aliphatic rings. The summed E-state index contributed by atoms with van der Waals surface area (Å²) >= 11 is 0. The molecule has 152 valence electrons. The van der Waals surface area contributed by atoms with E-state index in [1.54, 1.807) is 0 Å². The number of piperidine rings is 1. The second kappa shape index (κ2) is 8.62. The van der Waals surface area contributed by atoms with Gasteiger partial charge in [0.25, 0.3) is 0 Å². The third-order valence-electron chi connectivity index (χ3n) is 5.73. The Balaban J connectivity index is 1.42. The molecule has 0 atom stereocenters. The number of anilines is 3. The molecule has 8 heteroatoms. The molecule has 2 aromatic heterocycles. The van der Waals surface area contributed by atoms with Gasteiger partial charge in [0.05, 0.1) is 18.8 Å². The van der Waals surface area contributed by atoms with Gasteiger partial charge in [-0.3, -0.25) is 0 Å². The average molecular weight is 393 g/mol. The molecule has 2 saturated heterocycles. The summed E-state index contributed by atoms with van der Waals surface area (Å²) in [4.78, 5) is 20.5. The Bertz CT molecular complexity index is 883. The Morgan fingerprint density at radius 1 is 1.07 bits per heavy atom. The van der Waals surface area contributed by atoms with Gasteiger partial charge in [-0.25, -0.2) is 9.97 Å². The fraction of sp³-hybridized carbons (Fsp3) is 0.524. The van der Waals surface area contributed by atoms with Crippen molar-refractivity contribution in [2.45, 2.75) is 25.8 Å². The van der Waals surface area contributed by atoms with Crippen molar-refractivity contribution in [1.82, 2.24) is 15.0 Å². The SMILES string of the molecule is Cc1ccc(C#N)c(N2CCC(N(C)c3ccnc(N4CCOCC4)n3)CC2)n1. The van der Waals surface area contributed by atoms with Crippen molar-refractivity contribution in [2.24, 2.45) is 0 Å². The van der Waals surface area contributed by atoms with E-state index in [0.29, 0.717) is 11.6 Å². The van der Waals surface area contributed by atoms with Gasteiger partial charge in [-0.1, -0.05) is 0 Å². The zero-order valence-corrected chi connectivity index (χ0v) is 17.1. The van der Waals surface area contributed by atoms with Crippen LogP contribution in [0.1, 0.15) is 24.1 Å². The summed E-state index contributed by atoms with van der Waals surface area (Å²) in [5.74, 6) is 2.54. The predicted octanol–water partition coefficient (Wildman–Crippen LogP) is 1.99. The van der Waals surface area contributed by atoms with E-state index in [1.807, 2.05) is 31.3 Å². The maximum Gasteiger partial charge on any atom is 0.227 e. The molecule has 0 radical (unpaired) electrons. The topological polar surface area (TPSA) is 81.4 Å². The van der Waals surface area contributed by atoms with Crippen LogP contribution in [-0.4, -0.2) is 67.4 Å². The number of hydrogen-bond donors (Lipinski definition) is 0. The summed E-state index contributed by atoms with van der Waals surface area (Å²) in [7, 11) is 2.11. The van der Waals surface area contributed by atoms with Crippen LogP contribution in [0, 0.1) is 18.3 Å². The molecule has 0 saturated carbocycles. The number of pyridine rings is 1. The molecule has 0 aliphatic carbocycles. The molecular weight excluding hydrogens is 366 g/mol. The van der Waals surface area contributed by atoms with Crippen molar-refractivity contribution in [3.8, 4) is 6.07 Å². The number of morpholine rings is 1. The van der Waals surface area contributed by atoms with Gasteiger partial charge in [-0.2, -0.15) is 10.2 Å². The van der Waals surface area contributed by atoms with Gasteiger partial charge < -0.3 is 19.4 Å². The van der Waals surface area contributed by atoms with Gasteiger partial charge in [0, 0.05) is 51.2 Å².